The molecule has 0 amide bonds. The predicted octanol–water partition coefficient (Wildman–Crippen LogP) is 4.40. The van der Waals surface area contributed by atoms with Crippen LogP contribution in [0.1, 0.15) is 38.8 Å². The van der Waals surface area contributed by atoms with E-state index in [2.05, 4.69) is 43.8 Å². The maximum atomic E-state index is 3.76. The van der Waals surface area contributed by atoms with E-state index < -0.39 is 0 Å². The molecule has 0 radical (unpaired) electrons. The normalized spacial score (nSPS) is 24.7. The topological polar surface area (TPSA) is 12.0 Å². The maximum Gasteiger partial charge on any atom is 0.0649 e. The minimum atomic E-state index is 0.323. The Balaban J connectivity index is 2.03. The van der Waals surface area contributed by atoms with Crippen molar-refractivity contribution in [2.45, 2.75) is 47.4 Å². The fraction of sp³-hybridized carbons (Fsp3) is 0.692. The van der Waals surface area contributed by atoms with Crippen molar-refractivity contribution in [2.75, 3.05) is 12.8 Å². The van der Waals surface area contributed by atoms with Gasteiger partial charge in [0, 0.05) is 22.6 Å². The van der Waals surface area contributed by atoms with Crippen molar-refractivity contribution in [2.24, 2.45) is 0 Å². The van der Waals surface area contributed by atoms with Gasteiger partial charge < -0.3 is 5.32 Å². The van der Waals surface area contributed by atoms with Gasteiger partial charge in [-0.2, -0.15) is 11.8 Å². The van der Waals surface area contributed by atoms with Crippen molar-refractivity contribution in [1.82, 2.24) is 5.32 Å². The highest BCUT2D eigenvalue weighted by Crippen LogP contribution is 2.43. The molecule has 2 atom stereocenters. The minimum Gasteiger partial charge on any atom is -0.308 e. The Morgan fingerprint density at radius 2 is 2.29 bits per heavy atom. The second kappa shape index (κ2) is 5.55. The van der Waals surface area contributed by atoms with Gasteiger partial charge in [0.2, 0.25) is 0 Å². The molecule has 0 bridgehead atoms. The zero-order valence-electron chi connectivity index (χ0n) is 10.9. The van der Waals surface area contributed by atoms with Crippen LogP contribution in [0.25, 0.3) is 0 Å². The number of thiophene rings is 1. The second-order valence-electron chi connectivity index (χ2n) is 5.22. The molecule has 0 saturated carbocycles. The largest absolute Gasteiger partial charge is 0.308 e. The van der Waals surface area contributed by atoms with Gasteiger partial charge in [-0.3, -0.25) is 0 Å². The first-order valence-electron chi connectivity index (χ1n) is 6.04. The van der Waals surface area contributed by atoms with Crippen molar-refractivity contribution in [1.29, 1.82) is 0 Å². The highest BCUT2D eigenvalue weighted by Gasteiger charge is 2.27. The molecule has 17 heavy (non-hydrogen) atoms. The molecule has 1 N–H and O–H groups in total. The molecule has 1 aliphatic rings. The monoisotopic (exact) mass is 287 g/mol. The van der Waals surface area contributed by atoms with E-state index in [4.69, 9.17) is 0 Å². The van der Waals surface area contributed by atoms with Gasteiger partial charge in [0.15, 0.2) is 0 Å². The average molecular weight is 288 g/mol. The maximum absolute atomic E-state index is 3.76. The third kappa shape index (κ3) is 3.43. The smallest absolute Gasteiger partial charge is 0.0649 e. The van der Waals surface area contributed by atoms with Crippen molar-refractivity contribution >= 4 is 34.9 Å². The van der Waals surface area contributed by atoms with E-state index in [1.807, 2.05) is 34.9 Å². The van der Waals surface area contributed by atoms with Gasteiger partial charge in [0.1, 0.15) is 0 Å². The highest BCUT2D eigenvalue weighted by molar-refractivity contribution is 8.01. The molecule has 2 rings (SSSR count). The Bertz CT molecular complexity index is 372. The lowest BCUT2D eigenvalue weighted by molar-refractivity contribution is 0.462. The van der Waals surface area contributed by atoms with Crippen LogP contribution < -0.4 is 5.32 Å². The van der Waals surface area contributed by atoms with Gasteiger partial charge in [-0.25, -0.2) is 0 Å². The molecular formula is C13H21NS3. The van der Waals surface area contributed by atoms with Crippen molar-refractivity contribution in [3.05, 3.63) is 17.0 Å². The fourth-order valence-electron chi connectivity index (χ4n) is 1.98. The van der Waals surface area contributed by atoms with Gasteiger partial charge in [-0.15, -0.1) is 23.1 Å². The summed E-state index contributed by atoms with van der Waals surface area (Å²) in [7, 11) is 0. The number of hydrogen-bond donors (Lipinski definition) is 1. The summed E-state index contributed by atoms with van der Waals surface area (Å²) in [5.74, 6) is 0. The highest BCUT2D eigenvalue weighted by atomic mass is 32.2. The standard InChI is InChI=1S/C13H21NS3/c1-9-7-11(14-8-13(2,3)15-4)10-5-6-16-12(10)17-9/h5-6,9,11,14H,7-8H2,1-4H3/t9-,11?/m0/s1. The van der Waals surface area contributed by atoms with Gasteiger partial charge >= 0.3 is 0 Å². The SMILES string of the molecule is CSC(C)(C)CNC1C[C@H](C)Sc2sccc21. The number of fused-ring (bicyclic) bond motifs is 1. The molecule has 0 saturated heterocycles. The zero-order chi connectivity index (χ0) is 12.5. The van der Waals surface area contributed by atoms with Gasteiger partial charge in [0.25, 0.3) is 0 Å². The van der Waals surface area contributed by atoms with Crippen LogP contribution in [0.2, 0.25) is 0 Å². The Hall–Kier alpha value is 0.360. The molecular weight excluding hydrogens is 266 g/mol. The Kier molecular flexibility index (Phi) is 4.50. The van der Waals surface area contributed by atoms with Gasteiger partial charge in [-0.1, -0.05) is 6.92 Å². The molecule has 0 aliphatic carbocycles. The summed E-state index contributed by atoms with van der Waals surface area (Å²) in [6.07, 6.45) is 3.44. The van der Waals surface area contributed by atoms with E-state index in [1.54, 1.807) is 0 Å². The van der Waals surface area contributed by atoms with Crippen LogP contribution in [0.3, 0.4) is 0 Å². The Morgan fingerprint density at radius 3 is 3.00 bits per heavy atom. The number of rotatable bonds is 4. The van der Waals surface area contributed by atoms with Gasteiger partial charge in [0.05, 0.1) is 4.21 Å². The van der Waals surface area contributed by atoms with E-state index in [0.717, 1.165) is 11.8 Å². The van der Waals surface area contributed by atoms with E-state index in [0.29, 0.717) is 10.8 Å². The summed E-state index contributed by atoms with van der Waals surface area (Å²) in [5.41, 5.74) is 1.52. The van der Waals surface area contributed by atoms with Crippen molar-refractivity contribution in [3.8, 4) is 0 Å². The van der Waals surface area contributed by atoms with Crippen molar-refractivity contribution < 1.29 is 0 Å². The molecule has 1 aliphatic heterocycles. The first-order valence-corrected chi connectivity index (χ1v) is 9.03. The molecule has 96 valence electrons. The second-order valence-corrected chi connectivity index (χ2v) is 9.36. The Labute approximate surface area is 117 Å². The lowest BCUT2D eigenvalue weighted by Gasteiger charge is -2.31. The molecule has 4 heteroatoms. The van der Waals surface area contributed by atoms with E-state index >= 15 is 0 Å². The number of thioether (sulfide) groups is 2. The van der Waals surface area contributed by atoms with E-state index in [1.165, 1.54) is 16.2 Å². The van der Waals surface area contributed by atoms with Crippen LogP contribution in [0, 0.1) is 0 Å². The molecule has 1 aromatic heterocycles. The lowest BCUT2D eigenvalue weighted by Crippen LogP contribution is -2.36. The molecule has 0 fully saturated rings. The lowest BCUT2D eigenvalue weighted by atomic mass is 10.0. The van der Waals surface area contributed by atoms with Crippen LogP contribution >= 0.6 is 34.9 Å². The minimum absolute atomic E-state index is 0.323. The summed E-state index contributed by atoms with van der Waals surface area (Å²) < 4.78 is 1.84. The van der Waals surface area contributed by atoms with Gasteiger partial charge in [-0.05, 0) is 43.5 Å². The van der Waals surface area contributed by atoms with E-state index in [9.17, 15) is 0 Å². The third-order valence-corrected chi connectivity index (χ3v) is 6.83. The average Bonchev–Trinajstić information content (AvgIpc) is 2.73. The molecule has 1 aromatic rings. The quantitative estimate of drug-likeness (QED) is 0.881. The number of hydrogen-bond acceptors (Lipinski definition) is 4. The Morgan fingerprint density at radius 1 is 1.53 bits per heavy atom. The predicted molar refractivity (Wildman–Crippen MR) is 82.6 cm³/mol. The molecule has 2 heterocycles. The molecule has 1 nitrogen and oxygen atoms in total. The first kappa shape index (κ1) is 13.8. The number of nitrogens with one attached hydrogen (secondary N) is 1. The van der Waals surface area contributed by atoms with Crippen LogP contribution in [0.15, 0.2) is 15.7 Å². The molecule has 1 unspecified atom stereocenters. The first-order chi connectivity index (χ1) is 8.02. The summed E-state index contributed by atoms with van der Waals surface area (Å²) in [5, 5.41) is 6.72. The fourth-order valence-corrected chi connectivity index (χ4v) is 4.78. The summed E-state index contributed by atoms with van der Waals surface area (Å²) in [4.78, 5) is 0. The molecule has 0 aromatic carbocycles. The van der Waals surface area contributed by atoms with E-state index in [-0.39, 0.29) is 0 Å². The van der Waals surface area contributed by atoms with Crippen LogP contribution in [-0.4, -0.2) is 22.8 Å². The van der Waals surface area contributed by atoms with Crippen molar-refractivity contribution in [3.63, 3.8) is 0 Å². The summed E-state index contributed by atoms with van der Waals surface area (Å²) in [6.45, 7) is 8.02. The molecule has 0 spiro atoms. The van der Waals surface area contributed by atoms with Crippen LogP contribution in [-0.2, 0) is 0 Å². The third-order valence-electron chi connectivity index (χ3n) is 3.24. The van der Waals surface area contributed by atoms with Crippen LogP contribution in [0.5, 0.6) is 0 Å². The summed E-state index contributed by atoms with van der Waals surface area (Å²) >= 11 is 5.86. The van der Waals surface area contributed by atoms with Crippen LogP contribution in [0.4, 0.5) is 0 Å². The summed E-state index contributed by atoms with van der Waals surface area (Å²) in [6, 6.07) is 2.85. The zero-order valence-corrected chi connectivity index (χ0v) is 13.4.